The van der Waals surface area contributed by atoms with E-state index in [1.54, 1.807) is 28.9 Å². The molecule has 4 rings (SSSR count). The van der Waals surface area contributed by atoms with Crippen LogP contribution in [0.2, 0.25) is 0 Å². The van der Waals surface area contributed by atoms with Gasteiger partial charge >= 0.3 is 0 Å². The van der Waals surface area contributed by atoms with Crippen LogP contribution in [0.1, 0.15) is 23.0 Å². The second-order valence-electron chi connectivity index (χ2n) is 7.37. The van der Waals surface area contributed by atoms with Crippen LogP contribution in [0.4, 0.5) is 4.39 Å². The molecule has 0 N–H and O–H groups in total. The van der Waals surface area contributed by atoms with E-state index < -0.39 is 0 Å². The number of amides is 1. The van der Waals surface area contributed by atoms with Gasteiger partial charge < -0.3 is 9.80 Å². The molecule has 3 aromatic rings. The number of hydrogen-bond acceptors (Lipinski definition) is 3. The predicted octanol–water partition coefficient (Wildman–Crippen LogP) is 3.76. The fraction of sp³-hybridized carbons (Fsp3) is 0.304. The average molecular weight is 392 g/mol. The standard InChI is InChI=1S/C23H25FN4O/c1-3-26-11-13-27(14-12-26)23(29)22-16-21(19-9-4-5-10-20(19)24)25-28(22)18-8-6-7-17(2)15-18/h4-10,15-16H,3,11-14H2,1-2H3. The summed E-state index contributed by atoms with van der Waals surface area (Å²) < 4.78 is 16.0. The molecule has 1 amide bonds. The second-order valence-corrected chi connectivity index (χ2v) is 7.37. The van der Waals surface area contributed by atoms with Crippen LogP contribution in [0.25, 0.3) is 16.9 Å². The Kier molecular flexibility index (Phi) is 5.45. The number of halogens is 1. The number of aryl methyl sites for hydroxylation is 1. The number of likely N-dealkylation sites (N-methyl/N-ethyl adjacent to an activating group) is 1. The number of carbonyl (C=O) groups is 1. The van der Waals surface area contributed by atoms with Gasteiger partial charge in [-0.05, 0) is 49.4 Å². The van der Waals surface area contributed by atoms with Crippen LogP contribution >= 0.6 is 0 Å². The highest BCUT2D eigenvalue weighted by Gasteiger charge is 2.26. The molecule has 0 spiro atoms. The van der Waals surface area contributed by atoms with Crippen molar-refractivity contribution in [1.29, 1.82) is 0 Å². The van der Waals surface area contributed by atoms with Gasteiger partial charge in [-0.15, -0.1) is 0 Å². The molecule has 0 atom stereocenters. The number of hydrogen-bond donors (Lipinski definition) is 0. The average Bonchev–Trinajstić information content (AvgIpc) is 3.19. The topological polar surface area (TPSA) is 41.4 Å². The minimum absolute atomic E-state index is 0.0719. The summed E-state index contributed by atoms with van der Waals surface area (Å²) in [6.07, 6.45) is 0. The summed E-state index contributed by atoms with van der Waals surface area (Å²) in [5.74, 6) is -0.422. The van der Waals surface area contributed by atoms with E-state index in [2.05, 4.69) is 16.9 Å². The molecule has 1 fully saturated rings. The van der Waals surface area contributed by atoms with E-state index in [-0.39, 0.29) is 11.7 Å². The van der Waals surface area contributed by atoms with Crippen molar-refractivity contribution in [3.63, 3.8) is 0 Å². The van der Waals surface area contributed by atoms with Gasteiger partial charge in [-0.2, -0.15) is 5.10 Å². The van der Waals surface area contributed by atoms with Crippen molar-refractivity contribution >= 4 is 5.91 Å². The maximum atomic E-state index is 14.4. The predicted molar refractivity (Wildman–Crippen MR) is 112 cm³/mol. The monoisotopic (exact) mass is 392 g/mol. The number of carbonyl (C=O) groups excluding carboxylic acids is 1. The molecule has 5 nitrogen and oxygen atoms in total. The Morgan fingerprint density at radius 2 is 1.79 bits per heavy atom. The largest absolute Gasteiger partial charge is 0.335 e. The lowest BCUT2D eigenvalue weighted by molar-refractivity contribution is 0.0634. The first-order chi connectivity index (χ1) is 14.1. The Morgan fingerprint density at radius 3 is 2.48 bits per heavy atom. The van der Waals surface area contributed by atoms with Crippen LogP contribution in [0.5, 0.6) is 0 Å². The zero-order valence-corrected chi connectivity index (χ0v) is 16.8. The molecular weight excluding hydrogens is 367 g/mol. The fourth-order valence-corrected chi connectivity index (χ4v) is 3.72. The minimum Gasteiger partial charge on any atom is -0.335 e. The molecule has 1 saturated heterocycles. The molecule has 2 heterocycles. The Hall–Kier alpha value is -2.99. The highest BCUT2D eigenvalue weighted by atomic mass is 19.1. The zero-order chi connectivity index (χ0) is 20.4. The zero-order valence-electron chi connectivity index (χ0n) is 16.8. The van der Waals surface area contributed by atoms with Crippen LogP contribution < -0.4 is 0 Å². The maximum absolute atomic E-state index is 14.4. The number of nitrogens with zero attached hydrogens (tertiary/aromatic N) is 4. The highest BCUT2D eigenvalue weighted by molar-refractivity contribution is 5.94. The third-order valence-electron chi connectivity index (χ3n) is 5.43. The molecule has 6 heteroatoms. The first-order valence-electron chi connectivity index (χ1n) is 10.0. The Labute approximate surface area is 170 Å². The van der Waals surface area contributed by atoms with Crippen LogP contribution in [0, 0.1) is 12.7 Å². The van der Waals surface area contributed by atoms with Crippen molar-refractivity contribution in [2.24, 2.45) is 0 Å². The van der Waals surface area contributed by atoms with E-state index >= 15 is 0 Å². The van der Waals surface area contributed by atoms with Crippen LogP contribution in [-0.2, 0) is 0 Å². The fourth-order valence-electron chi connectivity index (χ4n) is 3.72. The summed E-state index contributed by atoms with van der Waals surface area (Å²) >= 11 is 0. The van der Waals surface area contributed by atoms with Crippen molar-refractivity contribution in [3.05, 3.63) is 71.7 Å². The lowest BCUT2D eigenvalue weighted by Crippen LogP contribution is -2.48. The van der Waals surface area contributed by atoms with Gasteiger partial charge in [0.2, 0.25) is 0 Å². The third kappa shape index (κ3) is 3.93. The van der Waals surface area contributed by atoms with Crippen molar-refractivity contribution < 1.29 is 9.18 Å². The Balaban J connectivity index is 1.75. The van der Waals surface area contributed by atoms with E-state index in [1.807, 2.05) is 36.1 Å². The van der Waals surface area contributed by atoms with Crippen LogP contribution in [0.15, 0.2) is 54.6 Å². The summed E-state index contributed by atoms with van der Waals surface area (Å²) in [5.41, 5.74) is 3.17. The van der Waals surface area contributed by atoms with E-state index in [0.717, 1.165) is 30.9 Å². The lowest BCUT2D eigenvalue weighted by Gasteiger charge is -2.34. The van der Waals surface area contributed by atoms with Crippen LogP contribution in [0.3, 0.4) is 0 Å². The molecule has 1 aliphatic heterocycles. The first kappa shape index (κ1) is 19.3. The Bertz CT molecular complexity index is 1020. The SMILES string of the molecule is CCN1CCN(C(=O)c2cc(-c3ccccc3F)nn2-c2cccc(C)c2)CC1. The molecule has 1 aromatic heterocycles. The van der Waals surface area contributed by atoms with E-state index in [1.165, 1.54) is 6.07 Å². The van der Waals surface area contributed by atoms with Crippen molar-refractivity contribution in [3.8, 4) is 16.9 Å². The number of aromatic nitrogens is 2. The van der Waals surface area contributed by atoms with Crippen molar-refractivity contribution in [1.82, 2.24) is 19.6 Å². The molecule has 1 aliphatic rings. The quantitative estimate of drug-likeness (QED) is 0.679. The lowest BCUT2D eigenvalue weighted by atomic mass is 10.1. The van der Waals surface area contributed by atoms with Crippen molar-refractivity contribution in [2.75, 3.05) is 32.7 Å². The first-order valence-corrected chi connectivity index (χ1v) is 10.0. The molecule has 0 saturated carbocycles. The van der Waals surface area contributed by atoms with Gasteiger partial charge in [-0.3, -0.25) is 4.79 Å². The van der Waals surface area contributed by atoms with E-state index in [0.29, 0.717) is 30.0 Å². The van der Waals surface area contributed by atoms with Gasteiger partial charge in [0, 0.05) is 31.7 Å². The Morgan fingerprint density at radius 1 is 1.03 bits per heavy atom. The number of benzene rings is 2. The van der Waals surface area contributed by atoms with Gasteiger partial charge in [0.15, 0.2) is 0 Å². The van der Waals surface area contributed by atoms with Gasteiger partial charge in [-0.25, -0.2) is 9.07 Å². The van der Waals surface area contributed by atoms with Gasteiger partial charge in [0.1, 0.15) is 11.5 Å². The summed E-state index contributed by atoms with van der Waals surface area (Å²) in [5, 5.41) is 4.62. The van der Waals surface area contributed by atoms with Gasteiger partial charge in [0.25, 0.3) is 5.91 Å². The molecule has 0 bridgehead atoms. The normalized spacial score (nSPS) is 14.9. The second kappa shape index (κ2) is 8.17. The van der Waals surface area contributed by atoms with Crippen molar-refractivity contribution in [2.45, 2.75) is 13.8 Å². The van der Waals surface area contributed by atoms with E-state index in [9.17, 15) is 9.18 Å². The molecule has 0 radical (unpaired) electrons. The van der Waals surface area contributed by atoms with Gasteiger partial charge in [0.05, 0.1) is 11.4 Å². The molecule has 0 unspecified atom stereocenters. The van der Waals surface area contributed by atoms with Crippen LogP contribution in [-0.4, -0.2) is 58.2 Å². The molecule has 0 aliphatic carbocycles. The summed E-state index contributed by atoms with van der Waals surface area (Å²) in [6.45, 7) is 8.20. The number of rotatable bonds is 4. The molecular formula is C23H25FN4O. The number of piperazine rings is 1. The summed E-state index contributed by atoms with van der Waals surface area (Å²) in [6, 6.07) is 16.0. The molecule has 29 heavy (non-hydrogen) atoms. The summed E-state index contributed by atoms with van der Waals surface area (Å²) in [4.78, 5) is 17.5. The molecule has 2 aromatic carbocycles. The third-order valence-corrected chi connectivity index (χ3v) is 5.43. The minimum atomic E-state index is -0.350. The highest BCUT2D eigenvalue weighted by Crippen LogP contribution is 2.25. The molecule has 150 valence electrons. The maximum Gasteiger partial charge on any atom is 0.272 e. The van der Waals surface area contributed by atoms with E-state index in [4.69, 9.17) is 0 Å². The summed E-state index contributed by atoms with van der Waals surface area (Å²) in [7, 11) is 0. The smallest absolute Gasteiger partial charge is 0.272 e. The van der Waals surface area contributed by atoms with Gasteiger partial charge in [-0.1, -0.05) is 31.2 Å².